The molecule has 116 valence electrons. The maximum atomic E-state index is 13.1. The predicted octanol–water partition coefficient (Wildman–Crippen LogP) is 2.10. The Morgan fingerprint density at radius 2 is 2.10 bits per heavy atom. The number of hydrogen-bond acceptors (Lipinski definition) is 4. The molecule has 1 aromatic rings. The number of rotatable bonds is 3. The van der Waals surface area contributed by atoms with E-state index in [1.807, 2.05) is 0 Å². The number of nitrogens with zero attached hydrogens (tertiary/aromatic N) is 2. The minimum Gasteiger partial charge on any atom is -0.334 e. The lowest BCUT2D eigenvalue weighted by atomic mass is 9.98. The van der Waals surface area contributed by atoms with Crippen LogP contribution in [0, 0.1) is 0 Å². The Kier molecular flexibility index (Phi) is 4.33. The lowest BCUT2D eigenvalue weighted by molar-refractivity contribution is -0.144. The second-order valence-electron chi connectivity index (χ2n) is 6.51. The van der Waals surface area contributed by atoms with Crippen LogP contribution in [0.4, 0.5) is 0 Å². The zero-order chi connectivity index (χ0) is 14.9. The molecule has 21 heavy (non-hydrogen) atoms. The van der Waals surface area contributed by atoms with Crippen molar-refractivity contribution in [3.63, 3.8) is 0 Å². The minimum atomic E-state index is -0.402. The Labute approximate surface area is 131 Å². The average molecular weight is 307 g/mol. The molecule has 2 fully saturated rings. The summed E-state index contributed by atoms with van der Waals surface area (Å²) in [4.78, 5) is 17.6. The smallest absolute Gasteiger partial charge is 0.243 e. The van der Waals surface area contributed by atoms with Crippen molar-refractivity contribution in [2.24, 2.45) is 0 Å². The van der Waals surface area contributed by atoms with E-state index in [-0.39, 0.29) is 11.9 Å². The van der Waals surface area contributed by atoms with Gasteiger partial charge in [-0.1, -0.05) is 0 Å². The van der Waals surface area contributed by atoms with Crippen LogP contribution >= 0.6 is 11.3 Å². The molecule has 1 unspecified atom stereocenters. The first kappa shape index (κ1) is 15.0. The predicted molar refractivity (Wildman–Crippen MR) is 86.5 cm³/mol. The third kappa shape index (κ3) is 2.87. The quantitative estimate of drug-likeness (QED) is 0.929. The van der Waals surface area contributed by atoms with Crippen LogP contribution in [-0.2, 0) is 4.79 Å². The van der Waals surface area contributed by atoms with E-state index in [1.165, 1.54) is 5.56 Å². The van der Waals surface area contributed by atoms with Gasteiger partial charge in [0.1, 0.15) is 0 Å². The van der Waals surface area contributed by atoms with Gasteiger partial charge in [-0.25, -0.2) is 0 Å². The van der Waals surface area contributed by atoms with Crippen LogP contribution in [-0.4, -0.2) is 54.0 Å². The Morgan fingerprint density at radius 1 is 1.33 bits per heavy atom. The van der Waals surface area contributed by atoms with Crippen molar-refractivity contribution in [2.45, 2.75) is 38.3 Å². The van der Waals surface area contributed by atoms with E-state index >= 15 is 0 Å². The van der Waals surface area contributed by atoms with Crippen LogP contribution in [0.1, 0.15) is 38.3 Å². The third-order valence-corrected chi connectivity index (χ3v) is 5.57. The van der Waals surface area contributed by atoms with Crippen molar-refractivity contribution in [1.29, 1.82) is 0 Å². The van der Waals surface area contributed by atoms with E-state index < -0.39 is 5.54 Å². The largest absolute Gasteiger partial charge is 0.334 e. The standard InChI is InChI=1S/C16H25N3OS/c1-16(2,18-9-6-17-7-10-18)15(20)19-8-3-4-14(19)13-5-11-21-12-13/h5,11-12,14,17H,3-4,6-10H2,1-2H3. The van der Waals surface area contributed by atoms with E-state index in [2.05, 4.69) is 45.8 Å². The lowest BCUT2D eigenvalue weighted by Gasteiger charge is -2.43. The molecular weight excluding hydrogens is 282 g/mol. The van der Waals surface area contributed by atoms with E-state index in [4.69, 9.17) is 0 Å². The summed E-state index contributed by atoms with van der Waals surface area (Å²) in [6, 6.07) is 2.45. The van der Waals surface area contributed by atoms with Gasteiger partial charge < -0.3 is 10.2 Å². The summed E-state index contributed by atoms with van der Waals surface area (Å²) in [6.07, 6.45) is 2.21. The van der Waals surface area contributed by atoms with Crippen LogP contribution in [0.15, 0.2) is 16.8 Å². The topological polar surface area (TPSA) is 35.6 Å². The van der Waals surface area contributed by atoms with E-state index in [9.17, 15) is 4.79 Å². The van der Waals surface area contributed by atoms with E-state index in [1.54, 1.807) is 11.3 Å². The van der Waals surface area contributed by atoms with Crippen LogP contribution < -0.4 is 5.32 Å². The number of hydrogen-bond donors (Lipinski definition) is 1. The van der Waals surface area contributed by atoms with Crippen molar-refractivity contribution < 1.29 is 4.79 Å². The molecule has 5 heteroatoms. The number of amides is 1. The Balaban J connectivity index is 1.76. The summed E-state index contributed by atoms with van der Waals surface area (Å²) >= 11 is 1.72. The second kappa shape index (κ2) is 6.07. The fraction of sp³-hybridized carbons (Fsp3) is 0.688. The van der Waals surface area contributed by atoms with Crippen molar-refractivity contribution in [2.75, 3.05) is 32.7 Å². The van der Waals surface area contributed by atoms with Gasteiger partial charge in [0.15, 0.2) is 0 Å². The van der Waals surface area contributed by atoms with Crippen molar-refractivity contribution >= 4 is 17.2 Å². The highest BCUT2D eigenvalue weighted by molar-refractivity contribution is 7.07. The average Bonchev–Trinajstić information content (AvgIpc) is 3.18. The molecule has 0 aromatic carbocycles. The number of carbonyl (C=O) groups is 1. The molecule has 2 aliphatic heterocycles. The fourth-order valence-electron chi connectivity index (χ4n) is 3.53. The Bertz CT molecular complexity index is 480. The van der Waals surface area contributed by atoms with Gasteiger partial charge >= 0.3 is 0 Å². The van der Waals surface area contributed by atoms with Gasteiger partial charge in [0.05, 0.1) is 11.6 Å². The second-order valence-corrected chi connectivity index (χ2v) is 7.29. The van der Waals surface area contributed by atoms with Gasteiger partial charge in [0, 0.05) is 32.7 Å². The lowest BCUT2D eigenvalue weighted by Crippen LogP contribution is -2.60. The van der Waals surface area contributed by atoms with Gasteiger partial charge in [0.2, 0.25) is 5.91 Å². The molecular formula is C16H25N3OS. The van der Waals surface area contributed by atoms with Gasteiger partial charge in [-0.3, -0.25) is 9.69 Å². The van der Waals surface area contributed by atoms with Gasteiger partial charge in [-0.2, -0.15) is 11.3 Å². The van der Waals surface area contributed by atoms with E-state index in [0.717, 1.165) is 45.6 Å². The Hall–Kier alpha value is -0.910. The molecule has 3 heterocycles. The molecule has 0 radical (unpaired) electrons. The third-order valence-electron chi connectivity index (χ3n) is 4.87. The number of likely N-dealkylation sites (tertiary alicyclic amines) is 1. The monoisotopic (exact) mass is 307 g/mol. The van der Waals surface area contributed by atoms with Crippen molar-refractivity contribution in [3.05, 3.63) is 22.4 Å². The summed E-state index contributed by atoms with van der Waals surface area (Å²) in [5.41, 5.74) is 0.905. The van der Waals surface area contributed by atoms with Crippen LogP contribution in [0.2, 0.25) is 0 Å². The highest BCUT2D eigenvalue weighted by Gasteiger charge is 2.42. The molecule has 1 atom stereocenters. The Morgan fingerprint density at radius 3 is 2.76 bits per heavy atom. The van der Waals surface area contributed by atoms with Crippen molar-refractivity contribution in [1.82, 2.24) is 15.1 Å². The van der Waals surface area contributed by atoms with Crippen LogP contribution in [0.25, 0.3) is 0 Å². The molecule has 0 aliphatic carbocycles. The summed E-state index contributed by atoms with van der Waals surface area (Å²) in [6.45, 7) is 8.93. The molecule has 2 saturated heterocycles. The summed E-state index contributed by atoms with van der Waals surface area (Å²) in [5, 5.41) is 7.66. The van der Waals surface area contributed by atoms with Gasteiger partial charge in [0.25, 0.3) is 0 Å². The number of carbonyl (C=O) groups excluding carboxylic acids is 1. The molecule has 1 aromatic heterocycles. The van der Waals surface area contributed by atoms with E-state index in [0.29, 0.717) is 0 Å². The zero-order valence-corrected chi connectivity index (χ0v) is 13.8. The van der Waals surface area contributed by atoms with Crippen molar-refractivity contribution in [3.8, 4) is 0 Å². The maximum Gasteiger partial charge on any atom is 0.243 e. The number of piperazine rings is 1. The van der Waals surface area contributed by atoms with Gasteiger partial charge in [-0.05, 0) is 49.1 Å². The first-order valence-electron chi connectivity index (χ1n) is 7.89. The zero-order valence-electron chi connectivity index (χ0n) is 13.0. The molecule has 3 rings (SSSR count). The first-order chi connectivity index (χ1) is 10.1. The summed E-state index contributed by atoms with van der Waals surface area (Å²) in [5.74, 6) is 0.290. The molecule has 0 saturated carbocycles. The summed E-state index contributed by atoms with van der Waals surface area (Å²) in [7, 11) is 0. The highest BCUT2D eigenvalue weighted by Crippen LogP contribution is 2.35. The maximum absolute atomic E-state index is 13.1. The number of nitrogens with one attached hydrogen (secondary N) is 1. The molecule has 1 amide bonds. The van der Waals surface area contributed by atoms with Crippen LogP contribution in [0.5, 0.6) is 0 Å². The summed E-state index contributed by atoms with van der Waals surface area (Å²) < 4.78 is 0. The molecule has 0 spiro atoms. The fourth-order valence-corrected chi connectivity index (χ4v) is 4.24. The molecule has 1 N–H and O–H groups in total. The number of thiophene rings is 1. The first-order valence-corrected chi connectivity index (χ1v) is 8.84. The highest BCUT2D eigenvalue weighted by atomic mass is 32.1. The normalized spacial score (nSPS) is 24.5. The molecule has 2 aliphatic rings. The minimum absolute atomic E-state index is 0.283. The van der Waals surface area contributed by atoms with Gasteiger partial charge in [-0.15, -0.1) is 0 Å². The molecule has 4 nitrogen and oxygen atoms in total. The molecule has 0 bridgehead atoms. The SMILES string of the molecule is CC(C)(C(=O)N1CCCC1c1ccsc1)N1CCNCC1. The van der Waals surface area contributed by atoms with Crippen LogP contribution in [0.3, 0.4) is 0 Å².